The van der Waals surface area contributed by atoms with Crippen molar-refractivity contribution in [3.05, 3.63) is 146 Å². The first-order valence-corrected chi connectivity index (χ1v) is 14.5. The number of hydrogen-bond acceptors (Lipinski definition) is 0. The van der Waals surface area contributed by atoms with Gasteiger partial charge in [-0.3, -0.25) is 0 Å². The number of para-hydroxylation sites is 3. The van der Waals surface area contributed by atoms with Crippen molar-refractivity contribution >= 4 is 70.7 Å². The molecule has 7 aromatic carbocycles. The molecular formula is C40H24N2. The van der Waals surface area contributed by atoms with Gasteiger partial charge >= 0.3 is 0 Å². The van der Waals surface area contributed by atoms with Gasteiger partial charge in [-0.2, -0.15) is 0 Å². The van der Waals surface area contributed by atoms with E-state index < -0.39 is 0 Å². The van der Waals surface area contributed by atoms with E-state index in [-0.39, 0.29) is 0 Å². The van der Waals surface area contributed by atoms with Gasteiger partial charge in [0.25, 0.3) is 0 Å². The molecule has 0 spiro atoms. The molecule has 0 aliphatic rings. The van der Waals surface area contributed by atoms with Crippen LogP contribution in [0.3, 0.4) is 0 Å². The lowest BCUT2D eigenvalue weighted by Gasteiger charge is -2.12. The van der Waals surface area contributed by atoms with Gasteiger partial charge in [-0.15, -0.1) is 0 Å². The number of benzene rings is 7. The summed E-state index contributed by atoms with van der Waals surface area (Å²) in [7, 11) is 0. The van der Waals surface area contributed by atoms with Gasteiger partial charge in [0.15, 0.2) is 0 Å². The van der Waals surface area contributed by atoms with Crippen LogP contribution in [-0.2, 0) is 0 Å². The third kappa shape index (κ3) is 2.69. The molecule has 10 rings (SSSR count). The summed E-state index contributed by atoms with van der Waals surface area (Å²) >= 11 is 0. The number of hydrogen-bond donors (Lipinski definition) is 0. The summed E-state index contributed by atoms with van der Waals surface area (Å²) < 4.78 is 4.91. The van der Waals surface area contributed by atoms with Gasteiger partial charge in [0.2, 0.25) is 0 Å². The van der Waals surface area contributed by atoms with E-state index in [0.717, 1.165) is 0 Å². The normalized spacial score (nSPS) is 12.3. The molecule has 2 nitrogen and oxygen atoms in total. The predicted octanol–water partition coefficient (Wildman–Crippen LogP) is 10.8. The lowest BCUT2D eigenvalue weighted by atomic mass is 9.94. The summed E-state index contributed by atoms with van der Waals surface area (Å²) in [6.45, 7) is 0. The maximum absolute atomic E-state index is 2.51. The minimum atomic E-state index is 1.18. The van der Waals surface area contributed by atoms with Gasteiger partial charge < -0.3 is 8.97 Å². The van der Waals surface area contributed by atoms with Gasteiger partial charge in [-0.25, -0.2) is 0 Å². The van der Waals surface area contributed by atoms with Crippen LogP contribution in [0.4, 0.5) is 0 Å². The summed E-state index contributed by atoms with van der Waals surface area (Å²) in [6.07, 6.45) is 0. The summed E-state index contributed by atoms with van der Waals surface area (Å²) in [5.74, 6) is 0. The van der Waals surface area contributed by atoms with Crippen molar-refractivity contribution in [1.82, 2.24) is 8.97 Å². The second-order valence-electron chi connectivity index (χ2n) is 11.3. The van der Waals surface area contributed by atoms with E-state index >= 15 is 0 Å². The number of pyridine rings is 1. The molecule has 2 heteroatoms. The van der Waals surface area contributed by atoms with Crippen molar-refractivity contribution in [1.29, 1.82) is 0 Å². The third-order valence-corrected chi connectivity index (χ3v) is 9.23. The van der Waals surface area contributed by atoms with Crippen LogP contribution in [0, 0.1) is 0 Å². The molecule has 10 aromatic rings. The second-order valence-corrected chi connectivity index (χ2v) is 11.3. The number of aromatic nitrogens is 2. The number of rotatable bonds is 2. The Morgan fingerprint density at radius 3 is 1.79 bits per heavy atom. The largest absolute Gasteiger partial charge is 0.309 e. The van der Waals surface area contributed by atoms with E-state index in [2.05, 4.69) is 155 Å². The Kier molecular flexibility index (Phi) is 4.21. The Labute approximate surface area is 241 Å². The number of fused-ring (bicyclic) bond motifs is 9. The molecule has 0 radical (unpaired) electrons. The van der Waals surface area contributed by atoms with E-state index in [1.807, 2.05) is 0 Å². The smallest absolute Gasteiger partial charge is 0.0626 e. The van der Waals surface area contributed by atoms with E-state index in [0.29, 0.717) is 0 Å². The highest BCUT2D eigenvalue weighted by atomic mass is 15.0. The lowest BCUT2D eigenvalue weighted by molar-refractivity contribution is 1.18. The van der Waals surface area contributed by atoms with Crippen LogP contribution in [0.5, 0.6) is 0 Å². The summed E-state index contributed by atoms with van der Waals surface area (Å²) in [4.78, 5) is 0. The lowest BCUT2D eigenvalue weighted by Crippen LogP contribution is -1.93. The first kappa shape index (κ1) is 22.1. The standard InChI is InChI=1S/C40H24N2/c1-2-12-26(13-3-1)41-34-20-7-5-15-31(34)38-29(17-9-21-35(38)41)30-18-10-22-36-39(30)32-24-23-25-11-8-16-28-27-14-4-6-19-33(27)42(36)40(32)37(25)28/h1-24H. The van der Waals surface area contributed by atoms with Crippen LogP contribution < -0.4 is 0 Å². The monoisotopic (exact) mass is 532 g/mol. The maximum atomic E-state index is 2.51. The van der Waals surface area contributed by atoms with Crippen LogP contribution in [-0.4, -0.2) is 8.97 Å². The highest BCUT2D eigenvalue weighted by Gasteiger charge is 2.22. The zero-order valence-electron chi connectivity index (χ0n) is 22.8. The van der Waals surface area contributed by atoms with E-state index in [1.165, 1.54) is 87.5 Å². The first-order valence-electron chi connectivity index (χ1n) is 14.5. The van der Waals surface area contributed by atoms with Crippen LogP contribution in [0.1, 0.15) is 0 Å². The number of nitrogens with zero attached hydrogens (tertiary/aromatic N) is 2. The second kappa shape index (κ2) is 7.99. The fraction of sp³-hybridized carbons (Fsp3) is 0. The van der Waals surface area contributed by atoms with Crippen molar-refractivity contribution in [2.45, 2.75) is 0 Å². The van der Waals surface area contributed by atoms with Crippen molar-refractivity contribution in [2.24, 2.45) is 0 Å². The van der Waals surface area contributed by atoms with Crippen molar-refractivity contribution in [2.75, 3.05) is 0 Å². The van der Waals surface area contributed by atoms with Crippen LogP contribution >= 0.6 is 0 Å². The highest BCUT2D eigenvalue weighted by Crippen LogP contribution is 2.46. The average molecular weight is 533 g/mol. The summed E-state index contributed by atoms with van der Waals surface area (Å²) in [5.41, 5.74) is 9.98. The van der Waals surface area contributed by atoms with Gasteiger partial charge in [-0.05, 0) is 58.3 Å². The molecule has 0 amide bonds. The summed E-state index contributed by atoms with van der Waals surface area (Å²) in [6, 6.07) is 53.4. The molecule has 0 fully saturated rings. The molecule has 0 N–H and O–H groups in total. The Bertz CT molecular complexity index is 2660. The Morgan fingerprint density at radius 1 is 0.333 bits per heavy atom. The van der Waals surface area contributed by atoms with Gasteiger partial charge in [-0.1, -0.05) is 109 Å². The molecule has 0 bridgehead atoms. The molecule has 0 saturated carbocycles. The average Bonchev–Trinajstić information content (AvgIpc) is 3.59. The third-order valence-electron chi connectivity index (χ3n) is 9.23. The quantitative estimate of drug-likeness (QED) is 0.155. The first-order chi connectivity index (χ1) is 20.9. The van der Waals surface area contributed by atoms with Crippen LogP contribution in [0.2, 0.25) is 0 Å². The maximum Gasteiger partial charge on any atom is 0.0626 e. The van der Waals surface area contributed by atoms with Crippen molar-refractivity contribution in [3.8, 4) is 16.8 Å². The fourth-order valence-electron chi connectivity index (χ4n) is 7.62. The SMILES string of the molecule is c1ccc(-n2c3ccccc3c3c(-c4cccc5c4c4ccc6cccc7c8ccccc8n5c4c67)cccc32)cc1. The van der Waals surface area contributed by atoms with Crippen molar-refractivity contribution < 1.29 is 0 Å². The van der Waals surface area contributed by atoms with Crippen LogP contribution in [0.25, 0.3) is 87.5 Å². The molecule has 3 aromatic heterocycles. The fourth-order valence-corrected chi connectivity index (χ4v) is 7.62. The zero-order chi connectivity index (χ0) is 27.4. The molecule has 0 saturated heterocycles. The van der Waals surface area contributed by atoms with Crippen molar-refractivity contribution in [3.63, 3.8) is 0 Å². The van der Waals surface area contributed by atoms with E-state index in [9.17, 15) is 0 Å². The predicted molar refractivity (Wildman–Crippen MR) is 178 cm³/mol. The summed E-state index contributed by atoms with van der Waals surface area (Å²) in [5, 5.41) is 10.4. The topological polar surface area (TPSA) is 9.34 Å². The molecule has 42 heavy (non-hydrogen) atoms. The minimum absolute atomic E-state index is 1.18. The molecule has 0 aliphatic heterocycles. The zero-order valence-corrected chi connectivity index (χ0v) is 22.8. The van der Waals surface area contributed by atoms with Crippen LogP contribution in [0.15, 0.2) is 146 Å². The Hall–Kier alpha value is -5.60. The highest BCUT2D eigenvalue weighted by molar-refractivity contribution is 6.31. The van der Waals surface area contributed by atoms with E-state index in [4.69, 9.17) is 0 Å². The molecule has 0 atom stereocenters. The molecule has 0 aliphatic carbocycles. The van der Waals surface area contributed by atoms with Gasteiger partial charge in [0, 0.05) is 38.0 Å². The molecule has 0 unspecified atom stereocenters. The Morgan fingerprint density at radius 2 is 0.952 bits per heavy atom. The molecular weight excluding hydrogens is 508 g/mol. The van der Waals surface area contributed by atoms with Gasteiger partial charge in [0.1, 0.15) is 0 Å². The Balaban J connectivity index is 1.42. The van der Waals surface area contributed by atoms with Gasteiger partial charge in [0.05, 0.1) is 27.6 Å². The molecule has 3 heterocycles. The van der Waals surface area contributed by atoms with E-state index in [1.54, 1.807) is 0 Å². The minimum Gasteiger partial charge on any atom is -0.309 e. The molecule has 194 valence electrons.